The first-order chi connectivity index (χ1) is 11.8. The van der Waals surface area contributed by atoms with E-state index in [4.69, 9.17) is 28.3 Å². The topological polar surface area (TPSA) is 55.4 Å². The third-order valence-electron chi connectivity index (χ3n) is 4.64. The molecule has 140 valence electrons. The Morgan fingerprint density at radius 2 is 1.56 bits per heavy atom. The maximum Gasteiger partial charge on any atom is 0.498 e. The molecule has 25 heavy (non-hydrogen) atoms. The van der Waals surface area contributed by atoms with Crippen LogP contribution in [0.25, 0.3) is 0 Å². The van der Waals surface area contributed by atoms with E-state index in [1.165, 1.54) is 0 Å². The van der Waals surface area contributed by atoms with Crippen LogP contribution in [0.3, 0.4) is 0 Å². The summed E-state index contributed by atoms with van der Waals surface area (Å²) in [7, 11) is 2.77. The summed E-state index contributed by atoms with van der Waals surface area (Å²) < 4.78 is 33.9. The molecule has 0 saturated carbocycles. The van der Waals surface area contributed by atoms with Gasteiger partial charge in [-0.2, -0.15) is 0 Å². The number of methoxy groups -OCH3 is 2. The number of benzene rings is 1. The first kappa shape index (κ1) is 20.0. The van der Waals surface area contributed by atoms with Crippen molar-refractivity contribution in [2.24, 2.45) is 0 Å². The third-order valence-corrected chi connectivity index (χ3v) is 4.64. The fourth-order valence-corrected chi connectivity index (χ4v) is 2.39. The molecule has 1 aromatic rings. The van der Waals surface area contributed by atoms with E-state index in [1.807, 2.05) is 45.9 Å². The van der Waals surface area contributed by atoms with Crippen LogP contribution in [0.15, 0.2) is 18.2 Å². The normalized spacial score (nSPS) is 18.4. The Morgan fingerprint density at radius 3 is 2.16 bits per heavy atom. The highest BCUT2D eigenvalue weighted by molar-refractivity contribution is 6.63. The van der Waals surface area contributed by atoms with E-state index in [0.29, 0.717) is 32.2 Å². The number of ether oxygens (including phenoxy) is 4. The quantitative estimate of drug-likeness (QED) is 0.501. The number of hydrogen-bond acceptors (Lipinski definition) is 6. The van der Waals surface area contributed by atoms with Crippen LogP contribution >= 0.6 is 0 Å². The third kappa shape index (κ3) is 4.88. The summed E-state index contributed by atoms with van der Waals surface area (Å²) in [4.78, 5) is 0. The molecule has 1 aromatic carbocycles. The molecule has 0 N–H and O–H groups in total. The Morgan fingerprint density at radius 1 is 0.920 bits per heavy atom. The van der Waals surface area contributed by atoms with Gasteiger partial charge in [0.15, 0.2) is 0 Å². The standard InChI is InChI=1S/C18H29BO6/c1-17(2)18(3,4)25-19(24-17)15-13-14(21-6)7-8-16(15)23-12-11-22-10-9-20-5/h7-8,13H,9-12H2,1-6H3. The number of hydrogen-bond donors (Lipinski definition) is 0. The molecule has 0 amide bonds. The predicted octanol–water partition coefficient (Wildman–Crippen LogP) is 2.04. The second kappa shape index (κ2) is 8.40. The molecular formula is C18H29BO6. The van der Waals surface area contributed by atoms with Gasteiger partial charge in [0.2, 0.25) is 0 Å². The van der Waals surface area contributed by atoms with Gasteiger partial charge in [0, 0.05) is 12.6 Å². The average Bonchev–Trinajstić information content (AvgIpc) is 2.78. The van der Waals surface area contributed by atoms with Crippen molar-refractivity contribution in [2.45, 2.75) is 38.9 Å². The van der Waals surface area contributed by atoms with E-state index in [9.17, 15) is 0 Å². The van der Waals surface area contributed by atoms with Crippen LogP contribution in [0.4, 0.5) is 0 Å². The first-order valence-electron chi connectivity index (χ1n) is 8.54. The van der Waals surface area contributed by atoms with Gasteiger partial charge in [0.25, 0.3) is 0 Å². The van der Waals surface area contributed by atoms with Crippen molar-refractivity contribution in [2.75, 3.05) is 40.6 Å². The molecule has 1 aliphatic rings. The van der Waals surface area contributed by atoms with E-state index >= 15 is 0 Å². The molecule has 0 radical (unpaired) electrons. The van der Waals surface area contributed by atoms with Crippen LogP contribution in [-0.4, -0.2) is 59.0 Å². The van der Waals surface area contributed by atoms with Gasteiger partial charge in [0.05, 0.1) is 38.1 Å². The molecule has 6 nitrogen and oxygen atoms in total. The molecular weight excluding hydrogens is 323 g/mol. The van der Waals surface area contributed by atoms with Gasteiger partial charge in [-0.3, -0.25) is 0 Å². The highest BCUT2D eigenvalue weighted by Crippen LogP contribution is 2.37. The van der Waals surface area contributed by atoms with E-state index in [1.54, 1.807) is 14.2 Å². The maximum atomic E-state index is 6.14. The van der Waals surface area contributed by atoms with Gasteiger partial charge in [-0.1, -0.05) is 0 Å². The molecule has 0 unspecified atom stereocenters. The Hall–Kier alpha value is -1.28. The van der Waals surface area contributed by atoms with E-state index < -0.39 is 18.3 Å². The largest absolute Gasteiger partial charge is 0.498 e. The van der Waals surface area contributed by atoms with Gasteiger partial charge in [-0.25, -0.2) is 0 Å². The fraction of sp³-hybridized carbons (Fsp3) is 0.667. The lowest BCUT2D eigenvalue weighted by molar-refractivity contribution is 0.00578. The van der Waals surface area contributed by atoms with E-state index in [0.717, 1.165) is 11.2 Å². The van der Waals surface area contributed by atoms with Gasteiger partial charge in [0.1, 0.15) is 18.1 Å². The smallest absolute Gasteiger partial charge is 0.497 e. The van der Waals surface area contributed by atoms with Crippen LogP contribution in [0.1, 0.15) is 27.7 Å². The number of rotatable bonds is 9. The van der Waals surface area contributed by atoms with E-state index in [2.05, 4.69) is 0 Å². The molecule has 0 aliphatic carbocycles. The lowest BCUT2D eigenvalue weighted by atomic mass is 9.78. The van der Waals surface area contributed by atoms with Crippen molar-refractivity contribution in [1.29, 1.82) is 0 Å². The van der Waals surface area contributed by atoms with Crippen molar-refractivity contribution >= 4 is 12.6 Å². The Bertz CT molecular complexity index is 544. The SMILES string of the molecule is COCCOCCOc1ccc(OC)cc1B1OC(C)(C)C(C)(C)O1. The monoisotopic (exact) mass is 352 g/mol. The molecule has 0 aromatic heterocycles. The minimum atomic E-state index is -0.510. The minimum absolute atomic E-state index is 0.415. The van der Waals surface area contributed by atoms with Crippen molar-refractivity contribution in [3.05, 3.63) is 18.2 Å². The minimum Gasteiger partial charge on any atom is -0.497 e. The second-order valence-corrected chi connectivity index (χ2v) is 6.95. The van der Waals surface area contributed by atoms with Crippen molar-refractivity contribution in [3.63, 3.8) is 0 Å². The zero-order valence-electron chi connectivity index (χ0n) is 16.1. The van der Waals surface area contributed by atoms with Gasteiger partial charge in [-0.15, -0.1) is 0 Å². The van der Waals surface area contributed by atoms with Gasteiger partial charge in [-0.05, 0) is 45.9 Å². The van der Waals surface area contributed by atoms with Crippen LogP contribution < -0.4 is 14.9 Å². The van der Waals surface area contributed by atoms with Crippen LogP contribution in [0.5, 0.6) is 11.5 Å². The predicted molar refractivity (Wildman–Crippen MR) is 96.9 cm³/mol. The average molecular weight is 352 g/mol. The first-order valence-corrected chi connectivity index (χ1v) is 8.54. The van der Waals surface area contributed by atoms with E-state index in [-0.39, 0.29) is 0 Å². The summed E-state index contributed by atoms with van der Waals surface area (Å²) in [5, 5.41) is 0. The molecule has 1 aliphatic heterocycles. The maximum absolute atomic E-state index is 6.14. The highest BCUT2D eigenvalue weighted by Gasteiger charge is 2.52. The lowest BCUT2D eigenvalue weighted by Crippen LogP contribution is -2.41. The second-order valence-electron chi connectivity index (χ2n) is 6.95. The summed E-state index contributed by atoms with van der Waals surface area (Å²) in [5.41, 5.74) is -0.0161. The molecule has 2 rings (SSSR count). The molecule has 0 bridgehead atoms. The highest BCUT2D eigenvalue weighted by atomic mass is 16.7. The molecule has 1 fully saturated rings. The molecule has 0 atom stereocenters. The van der Waals surface area contributed by atoms with Crippen LogP contribution in [0, 0.1) is 0 Å². The van der Waals surface area contributed by atoms with Crippen molar-refractivity contribution in [3.8, 4) is 11.5 Å². The zero-order valence-corrected chi connectivity index (χ0v) is 16.1. The summed E-state index contributed by atoms with van der Waals surface area (Å²) >= 11 is 0. The van der Waals surface area contributed by atoms with Crippen LogP contribution in [0.2, 0.25) is 0 Å². The summed E-state index contributed by atoms with van der Waals surface area (Å²) in [6, 6.07) is 5.62. The fourth-order valence-electron chi connectivity index (χ4n) is 2.39. The molecule has 1 saturated heterocycles. The van der Waals surface area contributed by atoms with Crippen molar-refractivity contribution in [1.82, 2.24) is 0 Å². The summed E-state index contributed by atoms with van der Waals surface area (Å²) in [6.07, 6.45) is 0. The Balaban J connectivity index is 2.08. The Kier molecular flexibility index (Phi) is 6.74. The summed E-state index contributed by atoms with van der Waals surface area (Å²) in [5.74, 6) is 1.43. The van der Waals surface area contributed by atoms with Gasteiger partial charge >= 0.3 is 7.12 Å². The molecule has 7 heteroatoms. The van der Waals surface area contributed by atoms with Crippen LogP contribution in [-0.2, 0) is 18.8 Å². The lowest BCUT2D eigenvalue weighted by Gasteiger charge is -2.32. The molecule has 0 spiro atoms. The zero-order chi connectivity index (χ0) is 18.5. The van der Waals surface area contributed by atoms with Crippen molar-refractivity contribution < 1.29 is 28.3 Å². The molecule has 1 heterocycles. The summed E-state index contributed by atoms with van der Waals surface area (Å²) in [6.45, 7) is 10.1. The van der Waals surface area contributed by atoms with Gasteiger partial charge < -0.3 is 28.3 Å². The Labute approximate surface area is 150 Å².